The SMILES string of the molecule is CC(Nc1cncc(Cl)n1)C(=O)N1CCCCC1. The highest BCUT2D eigenvalue weighted by Crippen LogP contribution is 2.12. The van der Waals surface area contributed by atoms with Crippen molar-refractivity contribution in [2.75, 3.05) is 18.4 Å². The first kappa shape index (κ1) is 13.1. The summed E-state index contributed by atoms with van der Waals surface area (Å²) in [6, 6.07) is -0.309. The van der Waals surface area contributed by atoms with Gasteiger partial charge in [0.25, 0.3) is 0 Å². The van der Waals surface area contributed by atoms with Crippen molar-refractivity contribution in [3.05, 3.63) is 17.5 Å². The van der Waals surface area contributed by atoms with Crippen LogP contribution in [0.2, 0.25) is 5.15 Å². The van der Waals surface area contributed by atoms with Gasteiger partial charge in [0.05, 0.1) is 12.4 Å². The Morgan fingerprint density at radius 2 is 2.11 bits per heavy atom. The van der Waals surface area contributed by atoms with Crippen LogP contribution in [-0.2, 0) is 4.79 Å². The molecule has 5 nitrogen and oxygen atoms in total. The number of hydrogen-bond donors (Lipinski definition) is 1. The minimum absolute atomic E-state index is 0.108. The summed E-state index contributed by atoms with van der Waals surface area (Å²) in [6.07, 6.45) is 6.42. The number of hydrogen-bond acceptors (Lipinski definition) is 4. The zero-order chi connectivity index (χ0) is 13.0. The van der Waals surface area contributed by atoms with Crippen LogP contribution in [0.3, 0.4) is 0 Å². The first-order chi connectivity index (χ1) is 8.66. The molecule has 98 valence electrons. The third kappa shape index (κ3) is 3.32. The highest BCUT2D eigenvalue weighted by atomic mass is 35.5. The Bertz CT molecular complexity index is 420. The zero-order valence-electron chi connectivity index (χ0n) is 10.4. The van der Waals surface area contributed by atoms with Crippen LogP contribution < -0.4 is 5.32 Å². The summed E-state index contributed by atoms with van der Waals surface area (Å²) in [5.41, 5.74) is 0. The van der Waals surface area contributed by atoms with Gasteiger partial charge in [-0.2, -0.15) is 0 Å². The van der Waals surface area contributed by atoms with E-state index < -0.39 is 0 Å². The third-order valence-corrected chi connectivity index (χ3v) is 3.19. The molecule has 1 aromatic heterocycles. The number of likely N-dealkylation sites (tertiary alicyclic amines) is 1. The lowest BCUT2D eigenvalue weighted by molar-refractivity contribution is -0.132. The van der Waals surface area contributed by atoms with Crippen LogP contribution in [-0.4, -0.2) is 39.9 Å². The predicted octanol–water partition coefficient (Wildman–Crippen LogP) is 1.94. The lowest BCUT2D eigenvalue weighted by Crippen LogP contribution is -2.44. The number of halogens is 1. The van der Waals surface area contributed by atoms with E-state index in [0.29, 0.717) is 11.0 Å². The standard InChI is InChI=1S/C12H17ClN4O/c1-9(12(18)17-5-3-2-4-6-17)15-11-8-14-7-10(13)16-11/h7-9H,2-6H2,1H3,(H,15,16). The van der Waals surface area contributed by atoms with Gasteiger partial charge in [0, 0.05) is 13.1 Å². The number of rotatable bonds is 3. The quantitative estimate of drug-likeness (QED) is 0.910. The largest absolute Gasteiger partial charge is 0.357 e. The summed E-state index contributed by atoms with van der Waals surface area (Å²) < 4.78 is 0. The van der Waals surface area contributed by atoms with Gasteiger partial charge in [-0.25, -0.2) is 4.98 Å². The summed E-state index contributed by atoms with van der Waals surface area (Å²) in [5.74, 6) is 0.636. The first-order valence-corrected chi connectivity index (χ1v) is 6.57. The maximum Gasteiger partial charge on any atom is 0.244 e. The Morgan fingerprint density at radius 3 is 2.78 bits per heavy atom. The van der Waals surface area contributed by atoms with Gasteiger partial charge in [0.15, 0.2) is 0 Å². The fourth-order valence-electron chi connectivity index (χ4n) is 2.08. The number of aromatic nitrogens is 2. The molecular formula is C12H17ClN4O. The summed E-state index contributed by atoms with van der Waals surface area (Å²) >= 11 is 5.75. The molecule has 1 amide bonds. The number of amides is 1. The van der Waals surface area contributed by atoms with Gasteiger partial charge >= 0.3 is 0 Å². The molecule has 1 fully saturated rings. The van der Waals surface area contributed by atoms with Crippen LogP contribution in [0.1, 0.15) is 26.2 Å². The molecule has 1 aromatic rings. The maximum absolute atomic E-state index is 12.2. The highest BCUT2D eigenvalue weighted by Gasteiger charge is 2.22. The fraction of sp³-hybridized carbons (Fsp3) is 0.583. The molecule has 1 aliphatic rings. The van der Waals surface area contributed by atoms with E-state index in [2.05, 4.69) is 15.3 Å². The Labute approximate surface area is 112 Å². The van der Waals surface area contributed by atoms with Gasteiger partial charge in [-0.1, -0.05) is 11.6 Å². The van der Waals surface area contributed by atoms with E-state index in [1.54, 1.807) is 6.20 Å². The van der Waals surface area contributed by atoms with Crippen LogP contribution in [0, 0.1) is 0 Å². The Kier molecular flexibility index (Phi) is 4.36. The average Bonchev–Trinajstić information content (AvgIpc) is 2.39. The van der Waals surface area contributed by atoms with Crippen LogP contribution in [0.25, 0.3) is 0 Å². The van der Waals surface area contributed by atoms with Crippen molar-refractivity contribution in [2.45, 2.75) is 32.2 Å². The van der Waals surface area contributed by atoms with Crippen LogP contribution in [0.15, 0.2) is 12.4 Å². The molecule has 1 saturated heterocycles. The van der Waals surface area contributed by atoms with Crippen LogP contribution in [0.5, 0.6) is 0 Å². The molecule has 0 radical (unpaired) electrons. The van der Waals surface area contributed by atoms with E-state index in [0.717, 1.165) is 25.9 Å². The first-order valence-electron chi connectivity index (χ1n) is 6.19. The minimum Gasteiger partial charge on any atom is -0.357 e. The number of nitrogens with zero attached hydrogens (tertiary/aromatic N) is 3. The summed E-state index contributed by atoms with van der Waals surface area (Å²) in [4.78, 5) is 22.1. The fourth-order valence-corrected chi connectivity index (χ4v) is 2.23. The van der Waals surface area contributed by atoms with Gasteiger partial charge in [-0.05, 0) is 26.2 Å². The second-order valence-electron chi connectivity index (χ2n) is 4.48. The van der Waals surface area contributed by atoms with E-state index in [-0.39, 0.29) is 11.9 Å². The van der Waals surface area contributed by atoms with Gasteiger partial charge in [-0.15, -0.1) is 0 Å². The summed E-state index contributed by atoms with van der Waals surface area (Å²) in [6.45, 7) is 3.54. The average molecular weight is 269 g/mol. The van der Waals surface area contributed by atoms with Crippen molar-refractivity contribution >= 4 is 23.3 Å². The normalized spacial score (nSPS) is 17.3. The van der Waals surface area contributed by atoms with Gasteiger partial charge in [0.1, 0.15) is 17.0 Å². The number of carbonyl (C=O) groups excluding carboxylic acids is 1. The van der Waals surface area contributed by atoms with Crippen LogP contribution in [0.4, 0.5) is 5.82 Å². The topological polar surface area (TPSA) is 58.1 Å². The van der Waals surface area contributed by atoms with Gasteiger partial charge in [0.2, 0.25) is 5.91 Å². The lowest BCUT2D eigenvalue weighted by Gasteiger charge is -2.29. The maximum atomic E-state index is 12.2. The molecule has 2 heterocycles. The van der Waals surface area contributed by atoms with E-state index in [1.807, 2.05) is 11.8 Å². The Hall–Kier alpha value is -1.36. The molecule has 1 atom stereocenters. The van der Waals surface area contributed by atoms with Gasteiger partial charge < -0.3 is 10.2 Å². The molecule has 2 rings (SSSR count). The molecule has 0 spiro atoms. The Morgan fingerprint density at radius 1 is 1.39 bits per heavy atom. The predicted molar refractivity (Wildman–Crippen MR) is 70.6 cm³/mol. The molecular weight excluding hydrogens is 252 g/mol. The van der Waals surface area contributed by atoms with Gasteiger partial charge in [-0.3, -0.25) is 9.78 Å². The lowest BCUT2D eigenvalue weighted by atomic mass is 10.1. The molecule has 0 saturated carbocycles. The molecule has 1 aliphatic heterocycles. The van der Waals surface area contributed by atoms with Crippen LogP contribution >= 0.6 is 11.6 Å². The van der Waals surface area contributed by atoms with Crippen molar-refractivity contribution in [2.24, 2.45) is 0 Å². The molecule has 1 unspecified atom stereocenters. The summed E-state index contributed by atoms with van der Waals surface area (Å²) in [5, 5.41) is 3.35. The number of anilines is 1. The van der Waals surface area contributed by atoms with E-state index in [4.69, 9.17) is 11.6 Å². The Balaban J connectivity index is 1.94. The molecule has 0 aromatic carbocycles. The monoisotopic (exact) mass is 268 g/mol. The highest BCUT2D eigenvalue weighted by molar-refractivity contribution is 6.29. The second kappa shape index (κ2) is 6.00. The summed E-state index contributed by atoms with van der Waals surface area (Å²) in [7, 11) is 0. The number of carbonyl (C=O) groups is 1. The minimum atomic E-state index is -0.309. The molecule has 0 bridgehead atoms. The molecule has 1 N–H and O–H groups in total. The van der Waals surface area contributed by atoms with E-state index in [1.165, 1.54) is 12.6 Å². The van der Waals surface area contributed by atoms with Crippen molar-refractivity contribution in [3.8, 4) is 0 Å². The molecule has 18 heavy (non-hydrogen) atoms. The number of nitrogens with one attached hydrogen (secondary N) is 1. The van der Waals surface area contributed by atoms with Crippen molar-refractivity contribution in [1.82, 2.24) is 14.9 Å². The molecule has 0 aliphatic carbocycles. The zero-order valence-corrected chi connectivity index (χ0v) is 11.2. The number of piperidine rings is 1. The van der Waals surface area contributed by atoms with E-state index >= 15 is 0 Å². The van der Waals surface area contributed by atoms with Crippen molar-refractivity contribution < 1.29 is 4.79 Å². The third-order valence-electron chi connectivity index (χ3n) is 3.01. The van der Waals surface area contributed by atoms with Crippen molar-refractivity contribution in [3.63, 3.8) is 0 Å². The second-order valence-corrected chi connectivity index (χ2v) is 4.87. The van der Waals surface area contributed by atoms with Crippen molar-refractivity contribution in [1.29, 1.82) is 0 Å². The smallest absolute Gasteiger partial charge is 0.244 e. The molecule has 6 heteroatoms. The van der Waals surface area contributed by atoms with E-state index in [9.17, 15) is 4.79 Å².